The second-order valence-corrected chi connectivity index (χ2v) is 5.97. The number of carboxylic acid groups (broad SMARTS) is 1. The van der Waals surface area contributed by atoms with Gasteiger partial charge in [-0.15, -0.1) is 0 Å². The van der Waals surface area contributed by atoms with Gasteiger partial charge in [-0.2, -0.15) is 5.26 Å². The summed E-state index contributed by atoms with van der Waals surface area (Å²) in [6, 6.07) is 4.56. The molecular formula is C14H16ClN3O3. The lowest BCUT2D eigenvalue weighted by atomic mass is 9.87. The molecule has 0 bridgehead atoms. The quantitative estimate of drug-likeness (QED) is 0.798. The zero-order valence-corrected chi connectivity index (χ0v) is 12.7. The number of benzene rings is 1. The van der Waals surface area contributed by atoms with Gasteiger partial charge in [0.25, 0.3) is 0 Å². The highest BCUT2D eigenvalue weighted by Crippen LogP contribution is 2.22. The Hall–Kier alpha value is -2.26. The summed E-state index contributed by atoms with van der Waals surface area (Å²) in [5, 5.41) is 23.3. The average Bonchev–Trinajstić information content (AvgIpc) is 2.34. The number of urea groups is 1. The van der Waals surface area contributed by atoms with Crippen LogP contribution in [0.1, 0.15) is 26.3 Å². The third-order valence-electron chi connectivity index (χ3n) is 2.74. The maximum atomic E-state index is 11.9. The minimum absolute atomic E-state index is 0.223. The average molecular weight is 310 g/mol. The highest BCUT2D eigenvalue weighted by Gasteiger charge is 2.32. The van der Waals surface area contributed by atoms with Crippen LogP contribution in [0.2, 0.25) is 5.02 Å². The minimum atomic E-state index is -1.13. The first kappa shape index (κ1) is 16.8. The number of carbonyl (C=O) groups excluding carboxylic acids is 1. The van der Waals surface area contributed by atoms with Gasteiger partial charge < -0.3 is 15.7 Å². The number of amides is 2. The van der Waals surface area contributed by atoms with Crippen molar-refractivity contribution in [3.8, 4) is 6.07 Å². The maximum absolute atomic E-state index is 11.9. The van der Waals surface area contributed by atoms with Gasteiger partial charge in [0.1, 0.15) is 12.1 Å². The molecule has 0 aromatic heterocycles. The molecule has 0 spiro atoms. The van der Waals surface area contributed by atoms with Gasteiger partial charge in [-0.05, 0) is 23.6 Å². The monoisotopic (exact) mass is 309 g/mol. The number of anilines is 1. The molecule has 1 aromatic rings. The molecule has 0 aliphatic carbocycles. The first-order valence-corrected chi connectivity index (χ1v) is 6.53. The molecule has 0 aliphatic rings. The SMILES string of the molecule is CC(C)(C)C(NC(=O)Nc1cc(Cl)ccc1C#N)C(=O)O. The summed E-state index contributed by atoms with van der Waals surface area (Å²) in [6.45, 7) is 5.10. The number of carbonyl (C=O) groups is 2. The van der Waals surface area contributed by atoms with E-state index >= 15 is 0 Å². The van der Waals surface area contributed by atoms with Crippen LogP contribution in [0.5, 0.6) is 0 Å². The summed E-state index contributed by atoms with van der Waals surface area (Å²) in [7, 11) is 0. The summed E-state index contributed by atoms with van der Waals surface area (Å²) < 4.78 is 0. The molecule has 1 aromatic carbocycles. The van der Waals surface area contributed by atoms with Crippen molar-refractivity contribution in [1.82, 2.24) is 5.32 Å². The summed E-state index contributed by atoms with van der Waals surface area (Å²) >= 11 is 5.81. The Morgan fingerprint density at radius 2 is 2.00 bits per heavy atom. The summed E-state index contributed by atoms with van der Waals surface area (Å²) in [4.78, 5) is 23.1. The van der Waals surface area contributed by atoms with Gasteiger partial charge in [0, 0.05) is 5.02 Å². The number of nitriles is 1. The molecule has 0 fully saturated rings. The van der Waals surface area contributed by atoms with Crippen LogP contribution in [0.4, 0.5) is 10.5 Å². The Kier molecular flexibility index (Phi) is 5.17. The van der Waals surface area contributed by atoms with E-state index in [9.17, 15) is 9.59 Å². The predicted octanol–water partition coefficient (Wildman–Crippen LogP) is 2.83. The smallest absolute Gasteiger partial charge is 0.326 e. The first-order valence-electron chi connectivity index (χ1n) is 6.15. The second kappa shape index (κ2) is 6.46. The number of halogens is 1. The second-order valence-electron chi connectivity index (χ2n) is 5.54. The molecule has 1 rings (SSSR count). The third kappa shape index (κ3) is 4.65. The van der Waals surface area contributed by atoms with Gasteiger partial charge >= 0.3 is 12.0 Å². The fourth-order valence-corrected chi connectivity index (χ4v) is 1.83. The van der Waals surface area contributed by atoms with Crippen molar-refractivity contribution in [2.24, 2.45) is 5.41 Å². The van der Waals surface area contributed by atoms with Crippen molar-refractivity contribution in [1.29, 1.82) is 5.26 Å². The van der Waals surface area contributed by atoms with E-state index in [1.165, 1.54) is 18.2 Å². The molecule has 3 N–H and O–H groups in total. The number of hydrogen-bond acceptors (Lipinski definition) is 3. The van der Waals surface area contributed by atoms with Crippen LogP contribution in [-0.4, -0.2) is 23.1 Å². The highest BCUT2D eigenvalue weighted by molar-refractivity contribution is 6.31. The van der Waals surface area contributed by atoms with Crippen molar-refractivity contribution >= 4 is 29.3 Å². The van der Waals surface area contributed by atoms with Crippen LogP contribution in [-0.2, 0) is 4.79 Å². The van der Waals surface area contributed by atoms with Crippen molar-refractivity contribution in [2.75, 3.05) is 5.32 Å². The molecule has 1 unspecified atom stereocenters. The lowest BCUT2D eigenvalue weighted by Gasteiger charge is -2.27. The normalized spacial score (nSPS) is 12.1. The van der Waals surface area contributed by atoms with Crippen molar-refractivity contribution in [3.63, 3.8) is 0 Å². The maximum Gasteiger partial charge on any atom is 0.326 e. The zero-order chi connectivity index (χ0) is 16.2. The van der Waals surface area contributed by atoms with Crippen molar-refractivity contribution < 1.29 is 14.7 Å². The van der Waals surface area contributed by atoms with E-state index in [0.717, 1.165) is 0 Å². The van der Waals surface area contributed by atoms with Gasteiger partial charge in [-0.1, -0.05) is 32.4 Å². The van der Waals surface area contributed by atoms with E-state index in [1.807, 2.05) is 6.07 Å². The Bertz CT molecular complexity index is 602. The molecule has 0 radical (unpaired) electrons. The van der Waals surface area contributed by atoms with Crippen molar-refractivity contribution in [2.45, 2.75) is 26.8 Å². The molecule has 6 nitrogen and oxygen atoms in total. The fraction of sp³-hybridized carbons (Fsp3) is 0.357. The van der Waals surface area contributed by atoms with Gasteiger partial charge in [0.05, 0.1) is 11.3 Å². The number of rotatable bonds is 3. The number of carboxylic acids is 1. The Morgan fingerprint density at radius 3 is 2.48 bits per heavy atom. The third-order valence-corrected chi connectivity index (χ3v) is 2.97. The van der Waals surface area contributed by atoms with E-state index in [4.69, 9.17) is 22.0 Å². The van der Waals surface area contributed by atoms with Gasteiger partial charge in [0.2, 0.25) is 0 Å². The Balaban J connectivity index is 2.90. The van der Waals surface area contributed by atoms with Crippen LogP contribution in [0.25, 0.3) is 0 Å². The topological polar surface area (TPSA) is 102 Å². The molecular weight excluding hydrogens is 294 g/mol. The number of hydrogen-bond donors (Lipinski definition) is 3. The van der Waals surface area contributed by atoms with Crippen LogP contribution in [0.3, 0.4) is 0 Å². The van der Waals surface area contributed by atoms with Crippen LogP contribution in [0.15, 0.2) is 18.2 Å². The molecule has 0 heterocycles. The molecule has 7 heteroatoms. The molecule has 21 heavy (non-hydrogen) atoms. The van der Waals surface area contributed by atoms with E-state index in [2.05, 4.69) is 10.6 Å². The lowest BCUT2D eigenvalue weighted by molar-refractivity contribution is -0.141. The first-order chi connectivity index (χ1) is 9.65. The predicted molar refractivity (Wildman–Crippen MR) is 79.2 cm³/mol. The molecule has 112 valence electrons. The number of nitrogens with one attached hydrogen (secondary N) is 2. The summed E-state index contributed by atoms with van der Waals surface area (Å²) in [5.41, 5.74) is -0.201. The van der Waals surface area contributed by atoms with E-state index in [-0.39, 0.29) is 11.3 Å². The molecule has 0 saturated carbocycles. The van der Waals surface area contributed by atoms with Gasteiger partial charge in [-0.3, -0.25) is 0 Å². The highest BCUT2D eigenvalue weighted by atomic mass is 35.5. The molecule has 1 atom stereocenters. The zero-order valence-electron chi connectivity index (χ0n) is 11.9. The Labute approximate surface area is 127 Å². The summed E-state index contributed by atoms with van der Waals surface area (Å²) in [5.74, 6) is -1.13. The van der Waals surface area contributed by atoms with Crippen LogP contribution >= 0.6 is 11.6 Å². The number of nitrogens with zero attached hydrogens (tertiary/aromatic N) is 1. The lowest BCUT2D eigenvalue weighted by Crippen LogP contribution is -2.50. The number of aliphatic carboxylic acids is 1. The largest absolute Gasteiger partial charge is 0.480 e. The molecule has 2 amide bonds. The van der Waals surface area contributed by atoms with Gasteiger partial charge in [0.15, 0.2) is 0 Å². The fourth-order valence-electron chi connectivity index (χ4n) is 1.66. The van der Waals surface area contributed by atoms with E-state index in [0.29, 0.717) is 5.02 Å². The standard InChI is InChI=1S/C14H16ClN3O3/c1-14(2,3)11(12(19)20)18-13(21)17-10-6-9(15)5-4-8(10)7-16/h4-6,11H,1-3H3,(H,19,20)(H2,17,18,21). The van der Waals surface area contributed by atoms with Crippen molar-refractivity contribution in [3.05, 3.63) is 28.8 Å². The van der Waals surface area contributed by atoms with Gasteiger partial charge in [-0.25, -0.2) is 9.59 Å². The minimum Gasteiger partial charge on any atom is -0.480 e. The summed E-state index contributed by atoms with van der Waals surface area (Å²) in [6.07, 6.45) is 0. The van der Waals surface area contributed by atoms with Crippen LogP contribution in [0, 0.1) is 16.7 Å². The van der Waals surface area contributed by atoms with Crippen LogP contribution < -0.4 is 10.6 Å². The van der Waals surface area contributed by atoms with E-state index in [1.54, 1.807) is 20.8 Å². The molecule has 0 aliphatic heterocycles. The Morgan fingerprint density at radius 1 is 1.38 bits per heavy atom. The van der Waals surface area contributed by atoms with E-state index < -0.39 is 23.5 Å². The molecule has 0 saturated heterocycles.